The van der Waals surface area contributed by atoms with E-state index in [9.17, 15) is 10.2 Å². The molecule has 0 amide bonds. The monoisotopic (exact) mass is 584 g/mol. The topological polar surface area (TPSA) is 64.5 Å². The SMILES string of the molecule is Cl.OC(CC(c1ccccc1)C(O)(CCc1ccccc1)NCc1ccccc1Cl)NCc1ccccc1Cl. The molecule has 0 radical (unpaired) electrons. The standard InChI is InChI=1S/C32H34Cl2N2O2.ClH/c33-29-17-9-7-15-26(29)22-35-31(37)21-28(25-13-5-2-6-14-25)32(38,20-19-24-11-3-1-4-12-24)36-23-27-16-8-10-18-30(27)34;/h1-18,28,31,35-38H,19-23H2;1H. The minimum atomic E-state index is -1.33. The van der Waals surface area contributed by atoms with Gasteiger partial charge >= 0.3 is 0 Å². The van der Waals surface area contributed by atoms with Crippen molar-refractivity contribution in [3.63, 3.8) is 0 Å². The largest absolute Gasteiger partial charge is 0.379 e. The van der Waals surface area contributed by atoms with Crippen molar-refractivity contribution in [2.75, 3.05) is 0 Å². The number of hydrogen-bond donors (Lipinski definition) is 4. The third kappa shape index (κ3) is 9.06. The molecule has 4 N–H and O–H groups in total. The molecule has 3 atom stereocenters. The van der Waals surface area contributed by atoms with E-state index in [1.807, 2.05) is 97.1 Å². The first-order valence-electron chi connectivity index (χ1n) is 12.9. The molecule has 0 aromatic heterocycles. The lowest BCUT2D eigenvalue weighted by molar-refractivity contribution is -0.0470. The molecule has 0 saturated carbocycles. The molecule has 0 aliphatic rings. The summed E-state index contributed by atoms with van der Waals surface area (Å²) in [5.74, 6) is -0.413. The van der Waals surface area contributed by atoms with Crippen molar-refractivity contribution < 1.29 is 10.2 Å². The molecular weight excluding hydrogens is 551 g/mol. The van der Waals surface area contributed by atoms with Crippen LogP contribution >= 0.6 is 35.6 Å². The zero-order valence-electron chi connectivity index (χ0n) is 21.6. The highest BCUT2D eigenvalue weighted by Crippen LogP contribution is 2.35. The van der Waals surface area contributed by atoms with Crippen LogP contribution in [0, 0.1) is 0 Å². The third-order valence-corrected chi connectivity index (χ3v) is 7.64. The summed E-state index contributed by atoms with van der Waals surface area (Å²) in [6.45, 7) is 0.801. The molecule has 7 heteroatoms. The number of aliphatic hydroxyl groups excluding tert-OH is 1. The molecule has 0 saturated heterocycles. The summed E-state index contributed by atoms with van der Waals surface area (Å²) in [4.78, 5) is 0. The van der Waals surface area contributed by atoms with Gasteiger partial charge < -0.3 is 10.2 Å². The lowest BCUT2D eigenvalue weighted by Crippen LogP contribution is -2.52. The van der Waals surface area contributed by atoms with Crippen molar-refractivity contribution in [3.05, 3.63) is 141 Å². The van der Waals surface area contributed by atoms with Gasteiger partial charge in [-0.3, -0.25) is 10.6 Å². The van der Waals surface area contributed by atoms with Crippen LogP contribution < -0.4 is 10.6 Å². The summed E-state index contributed by atoms with van der Waals surface area (Å²) in [6.07, 6.45) is 0.522. The van der Waals surface area contributed by atoms with E-state index in [4.69, 9.17) is 23.2 Å². The first kappa shape index (κ1) is 31.1. The van der Waals surface area contributed by atoms with Gasteiger partial charge in [-0.15, -0.1) is 12.4 Å². The van der Waals surface area contributed by atoms with Gasteiger partial charge in [0.05, 0.1) is 0 Å². The molecule has 0 heterocycles. The van der Waals surface area contributed by atoms with Crippen molar-refractivity contribution in [3.8, 4) is 0 Å². The van der Waals surface area contributed by atoms with Gasteiger partial charge in [-0.2, -0.15) is 0 Å². The van der Waals surface area contributed by atoms with Crippen LogP contribution in [0.5, 0.6) is 0 Å². The molecule has 206 valence electrons. The van der Waals surface area contributed by atoms with Gasteiger partial charge in [-0.1, -0.05) is 120 Å². The number of halogens is 3. The minimum Gasteiger partial charge on any atom is -0.379 e. The van der Waals surface area contributed by atoms with Gasteiger partial charge in [-0.25, -0.2) is 0 Å². The van der Waals surface area contributed by atoms with Gasteiger partial charge in [-0.05, 0) is 53.6 Å². The van der Waals surface area contributed by atoms with E-state index in [2.05, 4.69) is 22.8 Å². The predicted molar refractivity (Wildman–Crippen MR) is 163 cm³/mol. The fraction of sp³-hybridized carbons (Fsp3) is 0.250. The Labute approximate surface area is 247 Å². The first-order chi connectivity index (χ1) is 18.4. The van der Waals surface area contributed by atoms with E-state index in [1.54, 1.807) is 0 Å². The second-order valence-electron chi connectivity index (χ2n) is 9.54. The summed E-state index contributed by atoms with van der Waals surface area (Å²) in [6, 6.07) is 35.1. The number of nitrogens with one attached hydrogen (secondary N) is 2. The van der Waals surface area contributed by atoms with Crippen molar-refractivity contribution >= 4 is 35.6 Å². The van der Waals surface area contributed by atoms with E-state index in [0.717, 1.165) is 22.3 Å². The van der Waals surface area contributed by atoms with Crippen LogP contribution in [-0.4, -0.2) is 22.2 Å². The maximum Gasteiger partial charge on any atom is 0.123 e. The fourth-order valence-corrected chi connectivity index (χ4v) is 5.13. The van der Waals surface area contributed by atoms with Gasteiger partial charge in [0.1, 0.15) is 12.0 Å². The summed E-state index contributed by atoms with van der Waals surface area (Å²) in [5.41, 5.74) is 2.55. The van der Waals surface area contributed by atoms with Crippen LogP contribution in [0.15, 0.2) is 109 Å². The van der Waals surface area contributed by atoms with E-state index in [1.165, 1.54) is 0 Å². The summed E-state index contributed by atoms with van der Waals surface area (Å²) in [5, 5.41) is 31.3. The van der Waals surface area contributed by atoms with Crippen LogP contribution in [0.1, 0.15) is 41.0 Å². The summed E-state index contributed by atoms with van der Waals surface area (Å²) < 4.78 is 0. The Balaban J connectivity index is 0.00000420. The summed E-state index contributed by atoms with van der Waals surface area (Å²) in [7, 11) is 0. The zero-order valence-corrected chi connectivity index (χ0v) is 24.0. The van der Waals surface area contributed by atoms with Crippen molar-refractivity contribution in [1.29, 1.82) is 0 Å². The van der Waals surface area contributed by atoms with Crippen LogP contribution in [0.4, 0.5) is 0 Å². The Kier molecular flexibility index (Phi) is 12.3. The molecule has 4 nitrogen and oxygen atoms in total. The average molecular weight is 586 g/mol. The van der Waals surface area contributed by atoms with Gasteiger partial charge in [0.25, 0.3) is 0 Å². The molecule has 4 aromatic rings. The normalized spacial score (nSPS) is 14.2. The van der Waals surface area contributed by atoms with E-state index >= 15 is 0 Å². The number of aryl methyl sites for hydroxylation is 1. The highest BCUT2D eigenvalue weighted by atomic mass is 35.5. The predicted octanol–water partition coefficient (Wildman–Crippen LogP) is 7.11. The molecular formula is C32H35Cl3N2O2. The van der Waals surface area contributed by atoms with Crippen LogP contribution in [0.2, 0.25) is 10.0 Å². The maximum atomic E-state index is 12.3. The van der Waals surface area contributed by atoms with E-state index < -0.39 is 17.9 Å². The lowest BCUT2D eigenvalue weighted by Gasteiger charge is -2.39. The molecule has 0 aliphatic heterocycles. The van der Waals surface area contributed by atoms with Crippen LogP contribution in [0.25, 0.3) is 0 Å². The highest BCUT2D eigenvalue weighted by Gasteiger charge is 2.38. The zero-order chi connectivity index (χ0) is 26.8. The van der Waals surface area contributed by atoms with Crippen LogP contribution in [0.3, 0.4) is 0 Å². The lowest BCUT2D eigenvalue weighted by atomic mass is 9.81. The van der Waals surface area contributed by atoms with Gasteiger partial charge in [0, 0.05) is 29.1 Å². The smallest absolute Gasteiger partial charge is 0.123 e. The van der Waals surface area contributed by atoms with Crippen molar-refractivity contribution in [1.82, 2.24) is 10.6 Å². The second kappa shape index (κ2) is 15.4. The Morgan fingerprint density at radius 2 is 1.21 bits per heavy atom. The number of rotatable bonds is 13. The molecule has 4 aromatic carbocycles. The fourth-order valence-electron chi connectivity index (χ4n) is 4.72. The molecule has 0 fully saturated rings. The van der Waals surface area contributed by atoms with Gasteiger partial charge in [0.15, 0.2) is 0 Å². The Hall–Kier alpha value is -2.41. The van der Waals surface area contributed by atoms with E-state index in [0.29, 0.717) is 36.0 Å². The molecule has 3 unspecified atom stereocenters. The second-order valence-corrected chi connectivity index (χ2v) is 10.4. The first-order valence-corrected chi connectivity index (χ1v) is 13.6. The Morgan fingerprint density at radius 1 is 0.692 bits per heavy atom. The quantitative estimate of drug-likeness (QED) is 0.126. The van der Waals surface area contributed by atoms with Crippen LogP contribution in [-0.2, 0) is 19.5 Å². The third-order valence-electron chi connectivity index (χ3n) is 6.90. The molecule has 4 rings (SSSR count). The van der Waals surface area contributed by atoms with Crippen molar-refractivity contribution in [2.24, 2.45) is 0 Å². The molecule has 0 spiro atoms. The Morgan fingerprint density at radius 3 is 1.79 bits per heavy atom. The average Bonchev–Trinajstić information content (AvgIpc) is 2.95. The summed E-state index contributed by atoms with van der Waals surface area (Å²) >= 11 is 12.7. The molecule has 39 heavy (non-hydrogen) atoms. The number of aliphatic hydroxyl groups is 2. The Bertz CT molecular complexity index is 1280. The maximum absolute atomic E-state index is 12.3. The van der Waals surface area contributed by atoms with E-state index in [-0.39, 0.29) is 18.8 Å². The highest BCUT2D eigenvalue weighted by molar-refractivity contribution is 6.31. The van der Waals surface area contributed by atoms with Gasteiger partial charge in [0.2, 0.25) is 0 Å². The number of benzene rings is 4. The molecule has 0 bridgehead atoms. The molecule has 0 aliphatic carbocycles. The number of hydrogen-bond acceptors (Lipinski definition) is 4. The van der Waals surface area contributed by atoms with Crippen molar-refractivity contribution in [2.45, 2.75) is 50.2 Å². The minimum absolute atomic E-state index is 0.